The van der Waals surface area contributed by atoms with Crippen LogP contribution in [-0.2, 0) is 9.59 Å². The first kappa shape index (κ1) is 40.9. The van der Waals surface area contributed by atoms with Gasteiger partial charge in [-0.1, -0.05) is 200 Å². The maximum Gasteiger partial charge on any atom is 0.217 e. The Bertz CT molecular complexity index is 517. The number of rotatable bonds is 36. The maximum absolute atomic E-state index is 10.7. The molecule has 0 radical (unpaired) electrons. The molecule has 0 saturated heterocycles. The number of carbonyl (C=O) groups is 2. The summed E-state index contributed by atoms with van der Waals surface area (Å²) >= 11 is 0. The van der Waals surface area contributed by atoms with Gasteiger partial charge in [0.05, 0.1) is 0 Å². The van der Waals surface area contributed by atoms with Crippen molar-refractivity contribution in [1.82, 2.24) is 0 Å². The van der Waals surface area contributed by atoms with Crippen molar-refractivity contribution in [3.05, 3.63) is 0 Å². The van der Waals surface area contributed by atoms with E-state index >= 15 is 0 Å². The molecule has 0 fully saturated rings. The van der Waals surface area contributed by atoms with Crippen molar-refractivity contribution in [2.24, 2.45) is 17.4 Å². The molecule has 0 aromatic rings. The SMILES string of the molecule is CC(CCCCCCCCCCCCCCCCCC(N)=O)CCCCCCCCCCCCCCCCCC(N)=O. The standard InChI is InChI=1S/C38H76N2O2/c1-36(32-28-24-20-16-12-8-4-2-6-10-14-18-22-26-30-34-37(39)41)33-29-25-21-17-13-9-5-3-7-11-15-19-23-27-31-35-38(40)42/h36H,2-35H2,1H3,(H2,39,41)(H2,40,42). The van der Waals surface area contributed by atoms with E-state index in [-0.39, 0.29) is 11.8 Å². The van der Waals surface area contributed by atoms with Crippen LogP contribution < -0.4 is 11.5 Å². The average molecular weight is 593 g/mol. The van der Waals surface area contributed by atoms with E-state index in [2.05, 4.69) is 6.92 Å². The Hall–Kier alpha value is -1.06. The Morgan fingerprint density at radius 2 is 0.500 bits per heavy atom. The predicted octanol–water partition coefficient (Wildman–Crippen LogP) is 11.9. The molecule has 0 rings (SSSR count). The highest BCUT2D eigenvalue weighted by atomic mass is 16.1. The number of hydrogen-bond donors (Lipinski definition) is 2. The Kier molecular flexibility index (Phi) is 33.6. The number of nitrogens with two attached hydrogens (primary N) is 2. The molecular formula is C38H76N2O2. The number of carbonyl (C=O) groups excluding carboxylic acids is 2. The third kappa shape index (κ3) is 37.0. The molecular weight excluding hydrogens is 516 g/mol. The number of unbranched alkanes of at least 4 members (excludes halogenated alkanes) is 28. The van der Waals surface area contributed by atoms with Crippen LogP contribution in [0, 0.1) is 5.92 Å². The largest absolute Gasteiger partial charge is 0.370 e. The van der Waals surface area contributed by atoms with Crippen molar-refractivity contribution in [1.29, 1.82) is 0 Å². The quantitative estimate of drug-likeness (QED) is 0.0709. The lowest BCUT2D eigenvalue weighted by Gasteiger charge is -2.11. The van der Waals surface area contributed by atoms with Crippen LogP contribution >= 0.6 is 0 Å². The van der Waals surface area contributed by atoms with Crippen molar-refractivity contribution in [3.8, 4) is 0 Å². The summed E-state index contributed by atoms with van der Waals surface area (Å²) in [5, 5.41) is 0. The van der Waals surface area contributed by atoms with E-state index in [1.165, 1.54) is 180 Å². The van der Waals surface area contributed by atoms with Gasteiger partial charge in [-0.2, -0.15) is 0 Å². The van der Waals surface area contributed by atoms with E-state index in [0.29, 0.717) is 12.8 Å². The fourth-order valence-corrected chi connectivity index (χ4v) is 6.32. The minimum absolute atomic E-state index is 0.153. The van der Waals surface area contributed by atoms with Crippen molar-refractivity contribution in [2.45, 2.75) is 225 Å². The molecule has 4 N–H and O–H groups in total. The molecule has 0 aliphatic heterocycles. The van der Waals surface area contributed by atoms with Crippen LogP contribution in [0.4, 0.5) is 0 Å². The van der Waals surface area contributed by atoms with Crippen LogP contribution in [-0.4, -0.2) is 11.8 Å². The van der Waals surface area contributed by atoms with Gasteiger partial charge >= 0.3 is 0 Å². The lowest BCUT2D eigenvalue weighted by atomic mass is 9.95. The normalized spacial score (nSPS) is 11.5. The molecule has 0 heterocycles. The molecule has 0 unspecified atom stereocenters. The van der Waals surface area contributed by atoms with Gasteiger partial charge in [-0.3, -0.25) is 9.59 Å². The van der Waals surface area contributed by atoms with Gasteiger partial charge in [0.15, 0.2) is 0 Å². The average Bonchev–Trinajstić information content (AvgIpc) is 2.96. The lowest BCUT2D eigenvalue weighted by molar-refractivity contribution is -0.119. The number of hydrogen-bond acceptors (Lipinski definition) is 2. The summed E-state index contributed by atoms with van der Waals surface area (Å²) in [5.74, 6) is 0.621. The summed E-state index contributed by atoms with van der Waals surface area (Å²) in [6.45, 7) is 2.48. The highest BCUT2D eigenvalue weighted by Crippen LogP contribution is 2.20. The Labute approximate surface area is 263 Å². The lowest BCUT2D eigenvalue weighted by Crippen LogP contribution is -2.09. The Balaban J connectivity index is 3.16. The van der Waals surface area contributed by atoms with Crippen LogP contribution in [0.1, 0.15) is 225 Å². The van der Waals surface area contributed by atoms with E-state index in [0.717, 1.165) is 31.6 Å². The van der Waals surface area contributed by atoms with Crippen LogP contribution in [0.25, 0.3) is 0 Å². The van der Waals surface area contributed by atoms with E-state index < -0.39 is 0 Å². The summed E-state index contributed by atoms with van der Waals surface area (Å²) < 4.78 is 0. The highest BCUT2D eigenvalue weighted by molar-refractivity contribution is 5.73. The van der Waals surface area contributed by atoms with Gasteiger partial charge in [0, 0.05) is 12.8 Å². The molecule has 4 heteroatoms. The van der Waals surface area contributed by atoms with Gasteiger partial charge < -0.3 is 11.5 Å². The molecule has 0 aliphatic carbocycles. The molecule has 0 aromatic carbocycles. The van der Waals surface area contributed by atoms with Gasteiger partial charge in [0.25, 0.3) is 0 Å². The van der Waals surface area contributed by atoms with Crippen molar-refractivity contribution < 1.29 is 9.59 Å². The smallest absolute Gasteiger partial charge is 0.217 e. The predicted molar refractivity (Wildman–Crippen MR) is 185 cm³/mol. The maximum atomic E-state index is 10.7. The molecule has 0 saturated carbocycles. The number of amides is 2. The third-order valence-electron chi connectivity index (χ3n) is 9.24. The van der Waals surface area contributed by atoms with Gasteiger partial charge in [-0.15, -0.1) is 0 Å². The first-order valence-electron chi connectivity index (χ1n) is 19.1. The molecule has 4 nitrogen and oxygen atoms in total. The van der Waals surface area contributed by atoms with Crippen molar-refractivity contribution in [2.75, 3.05) is 0 Å². The van der Waals surface area contributed by atoms with E-state index in [1.54, 1.807) is 0 Å². The summed E-state index contributed by atoms with van der Waals surface area (Å²) in [5.41, 5.74) is 10.4. The van der Waals surface area contributed by atoms with Crippen molar-refractivity contribution in [3.63, 3.8) is 0 Å². The van der Waals surface area contributed by atoms with Crippen LogP contribution in [0.15, 0.2) is 0 Å². The Morgan fingerprint density at radius 1 is 0.333 bits per heavy atom. The first-order chi connectivity index (χ1) is 20.5. The Morgan fingerprint density at radius 3 is 0.690 bits per heavy atom. The molecule has 0 atom stereocenters. The van der Waals surface area contributed by atoms with Gasteiger partial charge in [-0.05, 0) is 18.8 Å². The number of primary amides is 2. The van der Waals surface area contributed by atoms with Gasteiger partial charge in [0.2, 0.25) is 11.8 Å². The van der Waals surface area contributed by atoms with Gasteiger partial charge in [0.1, 0.15) is 0 Å². The second-order valence-corrected chi connectivity index (χ2v) is 13.7. The topological polar surface area (TPSA) is 86.2 Å². The van der Waals surface area contributed by atoms with Crippen LogP contribution in [0.3, 0.4) is 0 Å². The van der Waals surface area contributed by atoms with E-state index in [4.69, 9.17) is 11.5 Å². The molecule has 0 bridgehead atoms. The second kappa shape index (κ2) is 34.4. The summed E-state index contributed by atoms with van der Waals surface area (Å²) in [6, 6.07) is 0. The molecule has 0 aromatic heterocycles. The molecule has 0 aliphatic rings. The summed E-state index contributed by atoms with van der Waals surface area (Å²) in [6.07, 6.45) is 44.8. The van der Waals surface area contributed by atoms with Crippen LogP contribution in [0.5, 0.6) is 0 Å². The zero-order valence-electron chi connectivity index (χ0n) is 28.6. The second-order valence-electron chi connectivity index (χ2n) is 13.7. The zero-order chi connectivity index (χ0) is 30.8. The van der Waals surface area contributed by atoms with Gasteiger partial charge in [-0.25, -0.2) is 0 Å². The third-order valence-corrected chi connectivity index (χ3v) is 9.24. The minimum Gasteiger partial charge on any atom is -0.370 e. The monoisotopic (exact) mass is 593 g/mol. The molecule has 250 valence electrons. The first-order valence-corrected chi connectivity index (χ1v) is 19.1. The summed E-state index contributed by atoms with van der Waals surface area (Å²) in [7, 11) is 0. The highest BCUT2D eigenvalue weighted by Gasteiger charge is 2.03. The molecule has 2 amide bonds. The van der Waals surface area contributed by atoms with E-state index in [1.807, 2.05) is 0 Å². The molecule has 42 heavy (non-hydrogen) atoms. The zero-order valence-corrected chi connectivity index (χ0v) is 28.6. The van der Waals surface area contributed by atoms with E-state index in [9.17, 15) is 9.59 Å². The van der Waals surface area contributed by atoms with Crippen molar-refractivity contribution >= 4 is 11.8 Å². The summed E-state index contributed by atoms with van der Waals surface area (Å²) in [4.78, 5) is 21.4. The fraction of sp³-hybridized carbons (Fsp3) is 0.947. The fourth-order valence-electron chi connectivity index (χ4n) is 6.32. The minimum atomic E-state index is -0.153. The van der Waals surface area contributed by atoms with Crippen LogP contribution in [0.2, 0.25) is 0 Å². The molecule has 0 spiro atoms.